The molecule has 2 fully saturated rings. The fraction of sp³-hybridized carbons (Fsp3) is 0.450. The first-order chi connectivity index (χ1) is 12.3. The lowest BCUT2D eigenvalue weighted by Gasteiger charge is -2.27. The summed E-state index contributed by atoms with van der Waals surface area (Å²) in [6.07, 6.45) is 4.78. The van der Waals surface area contributed by atoms with Crippen molar-refractivity contribution < 1.29 is 38.8 Å². The lowest BCUT2D eigenvalue weighted by Crippen LogP contribution is -3.00. The van der Waals surface area contributed by atoms with Crippen molar-refractivity contribution >= 4 is 22.4 Å². The molecule has 26 heavy (non-hydrogen) atoms. The highest BCUT2D eigenvalue weighted by molar-refractivity contribution is 7.14. The molecular weight excluding hydrogens is 459 g/mol. The van der Waals surface area contributed by atoms with E-state index in [4.69, 9.17) is 4.74 Å². The van der Waals surface area contributed by atoms with Crippen molar-refractivity contribution in [1.82, 2.24) is 0 Å². The van der Waals surface area contributed by atoms with Gasteiger partial charge in [0.2, 0.25) is 0 Å². The van der Waals surface area contributed by atoms with E-state index in [0.717, 1.165) is 22.6 Å². The average Bonchev–Trinajstić information content (AvgIpc) is 3.28. The lowest BCUT2D eigenvalue weighted by atomic mass is 9.93. The summed E-state index contributed by atoms with van der Waals surface area (Å²) in [6.45, 7) is 1.10. The SMILES string of the molecule is O=C(OCC1CC2CCC(C1)[NH2+]2)N(Cc1ccccc1)c1cccs1.[I-]. The summed E-state index contributed by atoms with van der Waals surface area (Å²) in [5, 5.41) is 5.45. The Kier molecular flexibility index (Phi) is 6.94. The summed E-state index contributed by atoms with van der Waals surface area (Å²) in [5.74, 6) is 0.522. The van der Waals surface area contributed by atoms with Crippen LogP contribution in [0.1, 0.15) is 31.2 Å². The van der Waals surface area contributed by atoms with Crippen molar-refractivity contribution in [3.63, 3.8) is 0 Å². The van der Waals surface area contributed by atoms with Gasteiger partial charge in [-0.25, -0.2) is 4.79 Å². The maximum Gasteiger partial charge on any atom is 0.415 e. The number of nitrogens with zero attached hydrogens (tertiary/aromatic N) is 1. The van der Waals surface area contributed by atoms with Crippen LogP contribution >= 0.6 is 11.3 Å². The Balaban J connectivity index is 0.00000196. The topological polar surface area (TPSA) is 46.1 Å². The van der Waals surface area contributed by atoms with Crippen molar-refractivity contribution in [1.29, 1.82) is 0 Å². The van der Waals surface area contributed by atoms with Gasteiger partial charge >= 0.3 is 6.09 Å². The number of hydrogen-bond donors (Lipinski definition) is 1. The molecule has 2 atom stereocenters. The fourth-order valence-corrected chi connectivity index (χ4v) is 4.90. The number of carbonyl (C=O) groups is 1. The van der Waals surface area contributed by atoms with Crippen LogP contribution in [-0.2, 0) is 11.3 Å². The Bertz CT molecular complexity index is 683. The number of benzene rings is 1. The smallest absolute Gasteiger partial charge is 0.415 e. The molecule has 2 N–H and O–H groups in total. The summed E-state index contributed by atoms with van der Waals surface area (Å²) >= 11 is 1.57. The molecule has 0 aliphatic carbocycles. The molecule has 2 aliphatic heterocycles. The molecule has 140 valence electrons. The minimum atomic E-state index is -0.229. The van der Waals surface area contributed by atoms with Gasteiger partial charge in [0.05, 0.1) is 25.2 Å². The monoisotopic (exact) mass is 484 g/mol. The standard InChI is InChI=1S/C20H24N2O2S.HI/c23-20(24-14-16-11-17-8-9-18(12-16)21-17)22(19-7-4-10-25-19)13-15-5-2-1-3-6-15;/h1-7,10,16-18,21H,8-9,11-14H2;1H. The zero-order valence-electron chi connectivity index (χ0n) is 14.7. The van der Waals surface area contributed by atoms with Crippen LogP contribution < -0.4 is 34.2 Å². The molecule has 3 heterocycles. The predicted octanol–water partition coefficient (Wildman–Crippen LogP) is 0.400. The van der Waals surface area contributed by atoms with E-state index in [9.17, 15) is 4.79 Å². The van der Waals surface area contributed by atoms with Gasteiger partial charge in [-0.05, 0) is 23.1 Å². The van der Waals surface area contributed by atoms with Crippen LogP contribution in [0.2, 0.25) is 0 Å². The zero-order valence-corrected chi connectivity index (χ0v) is 17.7. The lowest BCUT2D eigenvalue weighted by molar-refractivity contribution is -0.712. The van der Waals surface area contributed by atoms with Gasteiger partial charge in [0.1, 0.15) is 5.00 Å². The largest absolute Gasteiger partial charge is 1.00 e. The maximum absolute atomic E-state index is 12.8. The minimum Gasteiger partial charge on any atom is -1.00 e. The number of ether oxygens (including phenoxy) is 1. The van der Waals surface area contributed by atoms with E-state index in [1.54, 1.807) is 16.2 Å². The third-order valence-corrected chi connectivity index (χ3v) is 6.23. The quantitative estimate of drug-likeness (QED) is 0.625. The average molecular weight is 484 g/mol. The highest BCUT2D eigenvalue weighted by Crippen LogP contribution is 2.27. The van der Waals surface area contributed by atoms with Crippen LogP contribution in [0, 0.1) is 5.92 Å². The van der Waals surface area contributed by atoms with Crippen LogP contribution in [0.5, 0.6) is 0 Å². The molecule has 2 bridgehead atoms. The summed E-state index contributed by atoms with van der Waals surface area (Å²) in [4.78, 5) is 14.5. The van der Waals surface area contributed by atoms with Gasteiger partial charge in [0.25, 0.3) is 0 Å². The van der Waals surface area contributed by atoms with E-state index < -0.39 is 0 Å². The normalized spacial score (nSPS) is 23.9. The van der Waals surface area contributed by atoms with E-state index in [0.29, 0.717) is 19.1 Å². The van der Waals surface area contributed by atoms with Crippen molar-refractivity contribution in [2.75, 3.05) is 11.5 Å². The number of halogens is 1. The Morgan fingerprint density at radius 1 is 1.12 bits per heavy atom. The van der Waals surface area contributed by atoms with Crippen molar-refractivity contribution in [2.45, 2.75) is 44.3 Å². The molecule has 2 unspecified atom stereocenters. The second-order valence-corrected chi connectivity index (χ2v) is 8.15. The number of thiophene rings is 1. The maximum atomic E-state index is 12.8. The third-order valence-electron chi connectivity index (χ3n) is 5.34. The molecule has 6 heteroatoms. The molecule has 1 amide bonds. The molecule has 4 nitrogen and oxygen atoms in total. The van der Waals surface area contributed by atoms with Gasteiger partial charge in [-0.3, -0.25) is 4.90 Å². The first kappa shape index (κ1) is 19.6. The van der Waals surface area contributed by atoms with E-state index in [1.807, 2.05) is 47.8 Å². The van der Waals surface area contributed by atoms with E-state index in [2.05, 4.69) is 5.32 Å². The van der Waals surface area contributed by atoms with Gasteiger partial charge < -0.3 is 34.0 Å². The van der Waals surface area contributed by atoms with Gasteiger partial charge in [-0.15, -0.1) is 11.3 Å². The van der Waals surface area contributed by atoms with Crippen LogP contribution in [0.4, 0.5) is 9.80 Å². The molecule has 0 saturated carbocycles. The molecule has 2 aliphatic rings. The first-order valence-corrected chi connectivity index (χ1v) is 10.0. The number of rotatable bonds is 5. The van der Waals surface area contributed by atoms with Crippen molar-refractivity contribution in [3.05, 3.63) is 53.4 Å². The number of piperidine rings is 1. The second kappa shape index (κ2) is 9.19. The number of nitrogens with two attached hydrogens (primary N) is 1. The zero-order chi connectivity index (χ0) is 17.1. The molecule has 2 aromatic rings. The van der Waals surface area contributed by atoms with E-state index >= 15 is 0 Å². The van der Waals surface area contributed by atoms with Gasteiger partial charge in [-0.1, -0.05) is 30.3 Å². The number of hydrogen-bond acceptors (Lipinski definition) is 3. The van der Waals surface area contributed by atoms with Crippen molar-refractivity contribution in [3.8, 4) is 0 Å². The summed E-state index contributed by atoms with van der Waals surface area (Å²) in [5.41, 5.74) is 1.11. The van der Waals surface area contributed by atoms with Crippen molar-refractivity contribution in [2.24, 2.45) is 5.92 Å². The summed E-state index contributed by atoms with van der Waals surface area (Å²) in [6, 6.07) is 15.5. The number of quaternary nitrogens is 1. The fourth-order valence-electron chi connectivity index (χ4n) is 4.18. The van der Waals surface area contributed by atoms with E-state index in [-0.39, 0.29) is 30.1 Å². The number of fused-ring (bicyclic) bond motifs is 2. The van der Waals surface area contributed by atoms with Gasteiger partial charge in [0.15, 0.2) is 0 Å². The third kappa shape index (κ3) is 4.78. The van der Waals surface area contributed by atoms with Crippen LogP contribution in [0.3, 0.4) is 0 Å². The van der Waals surface area contributed by atoms with Crippen LogP contribution in [0.15, 0.2) is 47.8 Å². The Morgan fingerprint density at radius 3 is 2.50 bits per heavy atom. The van der Waals surface area contributed by atoms with Gasteiger partial charge in [0, 0.05) is 31.6 Å². The van der Waals surface area contributed by atoms with Crippen LogP contribution in [0.25, 0.3) is 0 Å². The highest BCUT2D eigenvalue weighted by atomic mass is 127. The minimum absolute atomic E-state index is 0. The first-order valence-electron chi connectivity index (χ1n) is 9.14. The molecule has 4 rings (SSSR count). The molecule has 1 aromatic carbocycles. The Hall–Kier alpha value is -1.12. The predicted molar refractivity (Wildman–Crippen MR) is 99.8 cm³/mol. The van der Waals surface area contributed by atoms with E-state index in [1.165, 1.54) is 25.7 Å². The molecule has 0 spiro atoms. The number of anilines is 1. The molecule has 0 radical (unpaired) electrons. The molecule has 2 saturated heterocycles. The van der Waals surface area contributed by atoms with Gasteiger partial charge in [-0.2, -0.15) is 0 Å². The molecular formula is C20H25IN2O2S. The Morgan fingerprint density at radius 2 is 1.85 bits per heavy atom. The number of amides is 1. The highest BCUT2D eigenvalue weighted by Gasteiger charge is 2.37. The number of carbonyl (C=O) groups excluding carboxylic acids is 1. The van der Waals surface area contributed by atoms with Crippen LogP contribution in [-0.4, -0.2) is 24.8 Å². The second-order valence-electron chi connectivity index (χ2n) is 7.23. The molecule has 1 aromatic heterocycles. The Labute approximate surface area is 175 Å². The summed E-state index contributed by atoms with van der Waals surface area (Å²) < 4.78 is 5.74. The summed E-state index contributed by atoms with van der Waals surface area (Å²) in [7, 11) is 0.